The Bertz CT molecular complexity index is 39.0. The molecule has 1 atom stereocenters. The van der Waals surface area contributed by atoms with E-state index in [-0.39, 0.29) is 0 Å². The molecule has 0 amide bonds. The largest absolute Gasteiger partial charge is 0.509 e. The second-order valence-corrected chi connectivity index (χ2v) is 2.46. The highest BCUT2D eigenvalue weighted by Crippen LogP contribution is 1.66. The maximum absolute atomic E-state index is 9.56. The van der Waals surface area contributed by atoms with Crippen LogP contribution in [0.25, 0.3) is 0 Å². The summed E-state index contributed by atoms with van der Waals surface area (Å²) in [7, 11) is 0. The van der Waals surface area contributed by atoms with Gasteiger partial charge in [0.25, 0.3) is 0 Å². The van der Waals surface area contributed by atoms with Crippen molar-refractivity contribution in [3.8, 4) is 0 Å². The zero-order valence-corrected chi connectivity index (χ0v) is 5.78. The lowest BCUT2D eigenvalue weighted by molar-refractivity contribution is -1.63. The van der Waals surface area contributed by atoms with E-state index >= 15 is 0 Å². The molecule has 0 bridgehead atoms. The van der Waals surface area contributed by atoms with Crippen LogP contribution < -0.4 is 27.9 Å². The lowest BCUT2D eigenvalue weighted by Crippen LogP contribution is -3.99. The number of hydrogen-bond acceptors (Lipinski definition) is 4. The highest BCUT2D eigenvalue weighted by atomic mass is 127. The fourth-order valence-electron chi connectivity index (χ4n) is 0.105. The van der Waals surface area contributed by atoms with Crippen LogP contribution in [0.15, 0.2) is 0 Å². The minimum absolute atomic E-state index is 1.18. The summed E-state index contributed by atoms with van der Waals surface area (Å²) in [6, 6.07) is 0. The first kappa shape index (κ1) is 7.57. The van der Waals surface area contributed by atoms with Gasteiger partial charge in [-0.3, -0.25) is 0 Å². The Morgan fingerprint density at radius 1 is 1.71 bits per heavy atom. The van der Waals surface area contributed by atoms with Crippen molar-refractivity contribution in [1.29, 1.82) is 0 Å². The van der Waals surface area contributed by atoms with Crippen molar-refractivity contribution in [3.05, 3.63) is 0 Å². The predicted octanol–water partition coefficient (Wildman–Crippen LogP) is -5.57. The molecule has 0 saturated carbocycles. The van der Waals surface area contributed by atoms with Gasteiger partial charge in [0, 0.05) is 3.07 Å². The molecular formula is C2H5IO4. The summed E-state index contributed by atoms with van der Waals surface area (Å²) >= 11 is -3.62. The normalized spacial score (nSPS) is 15.0. The number of hydrogen-bond donors (Lipinski definition) is 1. The quantitative estimate of drug-likeness (QED) is 0.372. The van der Waals surface area contributed by atoms with Gasteiger partial charge in [-0.25, -0.2) is 0 Å². The topological polar surface area (TPSA) is 75.6 Å². The molecule has 0 spiro atoms. The summed E-state index contributed by atoms with van der Waals surface area (Å²) in [5.74, 6) is 0. The van der Waals surface area contributed by atoms with Crippen LogP contribution in [0, 0.1) is 0 Å². The van der Waals surface area contributed by atoms with E-state index in [4.69, 9.17) is 5.11 Å². The van der Waals surface area contributed by atoms with Gasteiger partial charge in [0.2, 0.25) is 6.29 Å². The molecule has 0 aliphatic heterocycles. The summed E-state index contributed by atoms with van der Waals surface area (Å²) in [5.41, 5.74) is 0. The molecule has 0 aromatic rings. The molecule has 0 aromatic heterocycles. The predicted molar refractivity (Wildman–Crippen MR) is 12.8 cm³/mol. The molecule has 5 heteroatoms. The molecule has 0 fully saturated rings. The van der Waals surface area contributed by atoms with Crippen molar-refractivity contribution in [1.82, 2.24) is 0 Å². The maximum Gasteiger partial charge on any atom is 0.509 e. The smallest absolute Gasteiger partial charge is 0.396 e. The van der Waals surface area contributed by atoms with Crippen molar-refractivity contribution in [2.75, 3.05) is 0 Å². The minimum Gasteiger partial charge on any atom is -0.396 e. The van der Waals surface area contributed by atoms with Crippen LogP contribution in [0.5, 0.6) is 0 Å². The van der Waals surface area contributed by atoms with E-state index < -0.39 is 27.4 Å². The standard InChI is InChI=1S/C2H5IO4/c1-2(4)7-3(5)6/h2,4H,1H3. The molecule has 4 nitrogen and oxygen atoms in total. The summed E-state index contributed by atoms with van der Waals surface area (Å²) in [6.45, 7) is 1.24. The SMILES string of the molecule is CC(O)O[I+2]([O-])[O-]. The van der Waals surface area contributed by atoms with Crippen molar-refractivity contribution in [2.45, 2.75) is 13.2 Å². The Hall–Kier alpha value is 0.570. The molecule has 0 rings (SSSR count). The zero-order valence-electron chi connectivity index (χ0n) is 3.63. The first-order chi connectivity index (χ1) is 3.13. The molecule has 0 saturated heterocycles. The molecule has 0 aromatic carbocycles. The van der Waals surface area contributed by atoms with E-state index in [9.17, 15) is 6.87 Å². The third-order valence-corrected chi connectivity index (χ3v) is 1.35. The van der Waals surface area contributed by atoms with E-state index in [1.54, 1.807) is 0 Å². The number of aliphatic hydroxyl groups excluding tert-OH is 1. The summed E-state index contributed by atoms with van der Waals surface area (Å²) in [6.07, 6.45) is -1.18. The fraction of sp³-hybridized carbons (Fsp3) is 1.00. The van der Waals surface area contributed by atoms with Crippen LogP contribution in [0.3, 0.4) is 0 Å². The van der Waals surface area contributed by atoms with Gasteiger partial charge in [-0.1, -0.05) is 0 Å². The zero-order chi connectivity index (χ0) is 5.86. The van der Waals surface area contributed by atoms with Crippen LogP contribution in [0.2, 0.25) is 0 Å². The Labute approximate surface area is 49.8 Å². The Kier molecular flexibility index (Phi) is 3.85. The van der Waals surface area contributed by atoms with Crippen molar-refractivity contribution >= 4 is 0 Å². The first-order valence-corrected chi connectivity index (χ1v) is 4.18. The Morgan fingerprint density at radius 2 is 2.14 bits per heavy atom. The van der Waals surface area contributed by atoms with Crippen molar-refractivity contribution in [3.63, 3.8) is 0 Å². The molecule has 0 aliphatic carbocycles. The second kappa shape index (κ2) is 3.56. The average molecular weight is 220 g/mol. The number of aliphatic hydroxyl groups is 1. The molecule has 7 heavy (non-hydrogen) atoms. The third kappa shape index (κ3) is 6.57. The Morgan fingerprint density at radius 3 is 2.14 bits per heavy atom. The van der Waals surface area contributed by atoms with Gasteiger partial charge >= 0.3 is 21.1 Å². The van der Waals surface area contributed by atoms with Gasteiger partial charge in [-0.05, 0) is 6.92 Å². The van der Waals surface area contributed by atoms with Crippen molar-refractivity contribution in [2.24, 2.45) is 0 Å². The van der Waals surface area contributed by atoms with E-state index in [1.165, 1.54) is 6.92 Å². The van der Waals surface area contributed by atoms with Crippen LogP contribution in [0.1, 0.15) is 6.92 Å². The van der Waals surface area contributed by atoms with Gasteiger partial charge in [0.15, 0.2) is 0 Å². The molecule has 44 valence electrons. The van der Waals surface area contributed by atoms with Crippen LogP contribution >= 0.6 is 0 Å². The monoisotopic (exact) mass is 220 g/mol. The lowest BCUT2D eigenvalue weighted by atomic mass is 10.8. The third-order valence-electron chi connectivity index (χ3n) is 0.202. The summed E-state index contributed by atoms with van der Waals surface area (Å²) < 4.78 is 23.0. The molecule has 0 radical (unpaired) electrons. The number of rotatable bonds is 2. The molecule has 0 aliphatic rings. The van der Waals surface area contributed by atoms with Gasteiger partial charge in [-0.2, -0.15) is 0 Å². The average Bonchev–Trinajstić information content (AvgIpc) is 1.27. The minimum atomic E-state index is -3.62. The fourth-order valence-corrected chi connectivity index (χ4v) is 0.706. The first-order valence-electron chi connectivity index (χ1n) is 1.53. The highest BCUT2D eigenvalue weighted by Gasteiger charge is 2.15. The molecule has 1 N–H and O–H groups in total. The summed E-state index contributed by atoms with van der Waals surface area (Å²) in [4.78, 5) is 0. The van der Waals surface area contributed by atoms with Crippen LogP contribution in [-0.4, -0.2) is 11.4 Å². The van der Waals surface area contributed by atoms with E-state index in [2.05, 4.69) is 3.07 Å². The van der Waals surface area contributed by atoms with Gasteiger partial charge in [0.05, 0.1) is 0 Å². The lowest BCUT2D eigenvalue weighted by Gasteiger charge is -1.91. The maximum atomic E-state index is 9.56. The van der Waals surface area contributed by atoms with E-state index in [0.717, 1.165) is 0 Å². The van der Waals surface area contributed by atoms with Gasteiger partial charge in [0.1, 0.15) is 0 Å². The van der Waals surface area contributed by atoms with E-state index in [0.29, 0.717) is 0 Å². The van der Waals surface area contributed by atoms with Crippen LogP contribution in [-0.2, 0) is 3.07 Å². The van der Waals surface area contributed by atoms with Crippen molar-refractivity contribution < 1.29 is 36.1 Å². The van der Waals surface area contributed by atoms with E-state index in [1.807, 2.05) is 0 Å². The number of halogens is 1. The van der Waals surface area contributed by atoms with Gasteiger partial charge < -0.3 is 12.0 Å². The molecule has 0 heterocycles. The highest BCUT2D eigenvalue weighted by molar-refractivity contribution is 4.06. The van der Waals surface area contributed by atoms with Gasteiger partial charge in [-0.15, -0.1) is 0 Å². The van der Waals surface area contributed by atoms with Crippen LogP contribution in [0.4, 0.5) is 0 Å². The Balaban J connectivity index is 2.95. The second-order valence-electron chi connectivity index (χ2n) is 0.877. The molecular weight excluding hydrogens is 215 g/mol. The molecule has 1 unspecified atom stereocenters. The summed E-state index contributed by atoms with van der Waals surface area (Å²) in [5, 5.41) is 8.14.